The largest absolute Gasteiger partial charge is 0.497 e. The summed E-state index contributed by atoms with van der Waals surface area (Å²) in [7, 11) is 1.58. The van der Waals surface area contributed by atoms with Gasteiger partial charge in [-0.05, 0) is 31.0 Å². The van der Waals surface area contributed by atoms with Gasteiger partial charge in [0.15, 0.2) is 0 Å². The molecule has 1 heterocycles. The molecule has 0 aromatic heterocycles. The van der Waals surface area contributed by atoms with Crippen LogP contribution >= 0.6 is 0 Å². The number of amidine groups is 1. The van der Waals surface area contributed by atoms with E-state index >= 15 is 0 Å². The molecule has 0 aliphatic carbocycles. The van der Waals surface area contributed by atoms with Crippen LogP contribution in [0.25, 0.3) is 0 Å². The number of nitrogens with zero attached hydrogens (tertiary/aromatic N) is 1. The van der Waals surface area contributed by atoms with Gasteiger partial charge in [-0.1, -0.05) is 6.07 Å². The van der Waals surface area contributed by atoms with Crippen LogP contribution in [0.2, 0.25) is 0 Å². The number of benzene rings is 1. The first-order valence-electron chi connectivity index (χ1n) is 6.39. The molecule has 1 aliphatic heterocycles. The number of methoxy groups -OCH3 is 1. The number of ether oxygens (including phenoxy) is 1. The summed E-state index contributed by atoms with van der Waals surface area (Å²) in [4.78, 5) is 14.2. The van der Waals surface area contributed by atoms with Gasteiger partial charge < -0.3 is 15.4 Å². The van der Waals surface area contributed by atoms with Crippen LogP contribution in [0.3, 0.4) is 0 Å². The minimum Gasteiger partial charge on any atom is -0.497 e. The highest BCUT2D eigenvalue weighted by Gasteiger charge is 2.26. The maximum atomic E-state index is 12.4. The van der Waals surface area contributed by atoms with Gasteiger partial charge in [0.25, 0.3) is 5.91 Å². The molecule has 0 bridgehead atoms. The number of amides is 1. The molecule has 3 N–H and O–H groups in total. The zero-order valence-corrected chi connectivity index (χ0v) is 11.1. The lowest BCUT2D eigenvalue weighted by Crippen LogP contribution is -2.43. The summed E-state index contributed by atoms with van der Waals surface area (Å²) in [5, 5.41) is 7.51. The predicted octanol–water partition coefficient (Wildman–Crippen LogP) is 1.48. The van der Waals surface area contributed by atoms with E-state index in [2.05, 4.69) is 0 Å². The van der Waals surface area contributed by atoms with Gasteiger partial charge in [-0.25, -0.2) is 0 Å². The van der Waals surface area contributed by atoms with E-state index in [0.717, 1.165) is 19.4 Å². The smallest absolute Gasteiger partial charge is 0.254 e. The molecule has 0 unspecified atom stereocenters. The lowest BCUT2D eigenvalue weighted by atomic mass is 9.96. The molecule has 1 amide bonds. The number of hydrogen-bond donors (Lipinski definition) is 2. The fourth-order valence-corrected chi connectivity index (χ4v) is 2.35. The van der Waals surface area contributed by atoms with Crippen LogP contribution in [0.15, 0.2) is 24.3 Å². The Morgan fingerprint density at radius 1 is 1.53 bits per heavy atom. The number of carbonyl (C=O) groups excluding carboxylic acids is 1. The Morgan fingerprint density at radius 2 is 2.32 bits per heavy atom. The number of rotatable bonds is 3. The van der Waals surface area contributed by atoms with E-state index in [9.17, 15) is 4.79 Å². The van der Waals surface area contributed by atoms with Crippen LogP contribution in [0.1, 0.15) is 23.2 Å². The second-order valence-electron chi connectivity index (χ2n) is 4.78. The van der Waals surface area contributed by atoms with Gasteiger partial charge >= 0.3 is 0 Å². The Kier molecular flexibility index (Phi) is 4.04. The van der Waals surface area contributed by atoms with Crippen molar-refractivity contribution in [1.29, 1.82) is 5.41 Å². The summed E-state index contributed by atoms with van der Waals surface area (Å²) in [5.74, 6) is 0.808. The van der Waals surface area contributed by atoms with Gasteiger partial charge in [-0.3, -0.25) is 10.2 Å². The molecule has 0 spiro atoms. The van der Waals surface area contributed by atoms with Crippen molar-refractivity contribution in [2.45, 2.75) is 12.8 Å². The maximum Gasteiger partial charge on any atom is 0.254 e. The third-order valence-electron chi connectivity index (χ3n) is 3.47. The van der Waals surface area contributed by atoms with E-state index in [1.165, 1.54) is 0 Å². The molecule has 1 atom stereocenters. The summed E-state index contributed by atoms with van der Waals surface area (Å²) in [6, 6.07) is 7.13. The molecule has 19 heavy (non-hydrogen) atoms. The van der Waals surface area contributed by atoms with E-state index in [4.69, 9.17) is 15.9 Å². The van der Waals surface area contributed by atoms with Crippen LogP contribution in [0.4, 0.5) is 0 Å². The topological polar surface area (TPSA) is 79.4 Å². The Hall–Kier alpha value is -2.04. The van der Waals surface area contributed by atoms with Crippen molar-refractivity contribution in [2.24, 2.45) is 11.7 Å². The first kappa shape index (κ1) is 13.4. The fourth-order valence-electron chi connectivity index (χ4n) is 2.35. The first-order chi connectivity index (χ1) is 9.11. The van der Waals surface area contributed by atoms with Crippen molar-refractivity contribution in [3.8, 4) is 5.75 Å². The Balaban J connectivity index is 2.12. The lowest BCUT2D eigenvalue weighted by Gasteiger charge is -2.32. The van der Waals surface area contributed by atoms with E-state index in [-0.39, 0.29) is 17.7 Å². The zero-order valence-electron chi connectivity index (χ0n) is 11.1. The van der Waals surface area contributed by atoms with Gasteiger partial charge in [0.05, 0.1) is 12.9 Å². The van der Waals surface area contributed by atoms with E-state index in [1.54, 1.807) is 30.2 Å². The highest BCUT2D eigenvalue weighted by Crippen LogP contribution is 2.20. The maximum absolute atomic E-state index is 12.4. The second-order valence-corrected chi connectivity index (χ2v) is 4.78. The van der Waals surface area contributed by atoms with Crippen molar-refractivity contribution in [3.63, 3.8) is 0 Å². The normalized spacial score (nSPS) is 19.0. The van der Waals surface area contributed by atoms with E-state index < -0.39 is 0 Å². The van der Waals surface area contributed by atoms with E-state index in [0.29, 0.717) is 17.9 Å². The molecule has 5 heteroatoms. The first-order valence-corrected chi connectivity index (χ1v) is 6.39. The highest BCUT2D eigenvalue weighted by atomic mass is 16.5. The number of carbonyl (C=O) groups is 1. The van der Waals surface area contributed by atoms with Crippen LogP contribution in [0.5, 0.6) is 5.75 Å². The molecule has 1 aromatic carbocycles. The third-order valence-corrected chi connectivity index (χ3v) is 3.47. The number of piperidine rings is 1. The highest BCUT2D eigenvalue weighted by molar-refractivity contribution is 5.95. The number of likely N-dealkylation sites (tertiary alicyclic amines) is 1. The molecule has 102 valence electrons. The monoisotopic (exact) mass is 261 g/mol. The number of hydrogen-bond acceptors (Lipinski definition) is 3. The van der Waals surface area contributed by atoms with Crippen LogP contribution in [-0.2, 0) is 0 Å². The standard InChI is InChI=1S/C14H19N3O2/c1-19-12-6-2-4-10(8-12)14(18)17-7-3-5-11(9-17)13(15)16/h2,4,6,8,11H,3,5,7,9H2,1H3,(H3,15,16)/t11-/m1/s1. The zero-order chi connectivity index (χ0) is 13.8. The summed E-state index contributed by atoms with van der Waals surface area (Å²) >= 11 is 0. The quantitative estimate of drug-likeness (QED) is 0.639. The van der Waals surface area contributed by atoms with E-state index in [1.807, 2.05) is 6.07 Å². The second kappa shape index (κ2) is 5.73. The van der Waals surface area contributed by atoms with Crippen molar-refractivity contribution in [3.05, 3.63) is 29.8 Å². The summed E-state index contributed by atoms with van der Waals surface area (Å²) < 4.78 is 5.13. The van der Waals surface area contributed by atoms with Gasteiger partial charge in [0.2, 0.25) is 0 Å². The van der Waals surface area contributed by atoms with Crippen LogP contribution < -0.4 is 10.5 Å². The van der Waals surface area contributed by atoms with Crippen molar-refractivity contribution >= 4 is 11.7 Å². The molecule has 1 saturated heterocycles. The van der Waals surface area contributed by atoms with Crippen LogP contribution in [-0.4, -0.2) is 36.8 Å². The Labute approximate surface area is 112 Å². The molecule has 0 radical (unpaired) electrons. The fraction of sp³-hybridized carbons (Fsp3) is 0.429. The van der Waals surface area contributed by atoms with Crippen LogP contribution in [0, 0.1) is 11.3 Å². The van der Waals surface area contributed by atoms with Gasteiger partial charge in [0.1, 0.15) is 5.75 Å². The average molecular weight is 261 g/mol. The van der Waals surface area contributed by atoms with Crippen molar-refractivity contribution in [2.75, 3.05) is 20.2 Å². The SMILES string of the molecule is COc1cccc(C(=O)N2CCC[C@@H](C(=N)N)C2)c1. The Morgan fingerprint density at radius 3 is 3.00 bits per heavy atom. The minimum atomic E-state index is -0.0233. The third kappa shape index (κ3) is 3.05. The molecule has 1 aromatic rings. The molecule has 1 aliphatic rings. The summed E-state index contributed by atoms with van der Waals surface area (Å²) in [6.07, 6.45) is 1.77. The molecule has 0 saturated carbocycles. The molecule has 2 rings (SSSR count). The molecule has 5 nitrogen and oxygen atoms in total. The number of nitrogens with two attached hydrogens (primary N) is 1. The molecular formula is C14H19N3O2. The van der Waals surface area contributed by atoms with Gasteiger partial charge in [0, 0.05) is 24.6 Å². The summed E-state index contributed by atoms with van der Waals surface area (Å²) in [5.41, 5.74) is 6.15. The average Bonchev–Trinajstić information content (AvgIpc) is 2.46. The minimum absolute atomic E-state index is 0.0108. The Bertz CT molecular complexity index is 487. The van der Waals surface area contributed by atoms with Crippen molar-refractivity contribution < 1.29 is 9.53 Å². The lowest BCUT2D eigenvalue weighted by molar-refractivity contribution is 0.0702. The molecule has 1 fully saturated rings. The predicted molar refractivity (Wildman–Crippen MR) is 73.5 cm³/mol. The summed E-state index contributed by atoms with van der Waals surface area (Å²) in [6.45, 7) is 1.26. The van der Waals surface area contributed by atoms with Crippen molar-refractivity contribution in [1.82, 2.24) is 4.90 Å². The van der Waals surface area contributed by atoms with Gasteiger partial charge in [-0.2, -0.15) is 0 Å². The molecular weight excluding hydrogens is 242 g/mol. The van der Waals surface area contributed by atoms with Gasteiger partial charge in [-0.15, -0.1) is 0 Å². The number of nitrogens with one attached hydrogen (secondary N) is 1.